The van der Waals surface area contributed by atoms with Gasteiger partial charge in [0.2, 0.25) is 5.91 Å². The highest BCUT2D eigenvalue weighted by atomic mass is 16.2. The van der Waals surface area contributed by atoms with Crippen molar-refractivity contribution >= 4 is 11.6 Å². The maximum atomic E-state index is 13.0. The molecule has 122 valence electrons. The molecule has 0 saturated carbocycles. The summed E-state index contributed by atoms with van der Waals surface area (Å²) in [4.78, 5) is 14.9. The van der Waals surface area contributed by atoms with Crippen LogP contribution < -0.4 is 5.32 Å². The normalized spacial score (nSPS) is 13.2. The molecule has 1 amide bonds. The highest BCUT2D eigenvalue weighted by Gasteiger charge is 2.29. The molecule has 0 saturated heterocycles. The largest absolute Gasteiger partial charge is 0.373 e. The first-order valence-corrected chi connectivity index (χ1v) is 8.32. The molecule has 0 aromatic heterocycles. The van der Waals surface area contributed by atoms with Gasteiger partial charge in [-0.05, 0) is 31.5 Å². The molecule has 0 bridgehead atoms. The van der Waals surface area contributed by atoms with E-state index in [9.17, 15) is 4.79 Å². The molecule has 1 N–H and O–H groups in total. The van der Waals surface area contributed by atoms with Gasteiger partial charge in [-0.25, -0.2) is 0 Å². The third kappa shape index (κ3) is 4.35. The quantitative estimate of drug-likeness (QED) is 0.833. The highest BCUT2D eigenvalue weighted by Crippen LogP contribution is 2.24. The number of likely N-dealkylation sites (N-methyl/N-ethyl adjacent to an activating group) is 1. The van der Waals surface area contributed by atoms with Crippen molar-refractivity contribution in [2.45, 2.75) is 32.7 Å². The van der Waals surface area contributed by atoms with Crippen LogP contribution in [0.2, 0.25) is 0 Å². The summed E-state index contributed by atoms with van der Waals surface area (Å²) in [5, 5.41) is 3.43. The van der Waals surface area contributed by atoms with E-state index in [-0.39, 0.29) is 17.9 Å². The van der Waals surface area contributed by atoms with Crippen LogP contribution in [0.5, 0.6) is 0 Å². The Morgan fingerprint density at radius 3 is 2.00 bits per heavy atom. The first-order chi connectivity index (χ1) is 11.2. The maximum Gasteiger partial charge on any atom is 0.245 e. The number of hydrogen-bond donors (Lipinski definition) is 1. The SMILES string of the molecule is CCN(CC)C(=O)[C@@H](Nc1ccccc1)[C@@H](C)c1ccccc1. The summed E-state index contributed by atoms with van der Waals surface area (Å²) in [5.74, 6) is 0.236. The summed E-state index contributed by atoms with van der Waals surface area (Å²) in [5.41, 5.74) is 2.14. The van der Waals surface area contributed by atoms with Crippen LogP contribution in [0.25, 0.3) is 0 Å². The molecule has 2 aromatic rings. The van der Waals surface area contributed by atoms with Crippen molar-refractivity contribution in [3.8, 4) is 0 Å². The Morgan fingerprint density at radius 2 is 1.48 bits per heavy atom. The average molecular weight is 310 g/mol. The number of carbonyl (C=O) groups is 1. The monoisotopic (exact) mass is 310 g/mol. The third-order valence-corrected chi connectivity index (χ3v) is 4.26. The summed E-state index contributed by atoms with van der Waals surface area (Å²) in [7, 11) is 0. The van der Waals surface area contributed by atoms with Gasteiger partial charge in [0, 0.05) is 24.7 Å². The molecule has 3 heteroatoms. The Balaban J connectivity index is 2.28. The number of para-hydroxylation sites is 1. The molecule has 0 aliphatic heterocycles. The minimum Gasteiger partial charge on any atom is -0.373 e. The molecule has 0 spiro atoms. The number of anilines is 1. The van der Waals surface area contributed by atoms with Crippen molar-refractivity contribution in [1.82, 2.24) is 4.90 Å². The lowest BCUT2D eigenvalue weighted by atomic mass is 9.92. The van der Waals surface area contributed by atoms with E-state index in [0.29, 0.717) is 0 Å². The summed E-state index contributed by atoms with van der Waals surface area (Å²) >= 11 is 0. The molecule has 0 heterocycles. The zero-order valence-corrected chi connectivity index (χ0v) is 14.2. The van der Waals surface area contributed by atoms with Crippen LogP contribution in [0.1, 0.15) is 32.3 Å². The Bertz CT molecular complexity index is 594. The standard InChI is InChI=1S/C20H26N2O/c1-4-22(5-2)20(23)19(21-18-14-10-7-11-15-18)16(3)17-12-8-6-9-13-17/h6-16,19,21H,4-5H2,1-3H3/t16-,19-/m0/s1. The fourth-order valence-electron chi connectivity index (χ4n) is 2.80. The van der Waals surface area contributed by atoms with E-state index in [1.54, 1.807) is 0 Å². The van der Waals surface area contributed by atoms with Crippen LogP contribution in [-0.4, -0.2) is 29.9 Å². The van der Waals surface area contributed by atoms with E-state index < -0.39 is 0 Å². The molecule has 0 aliphatic carbocycles. The number of nitrogens with one attached hydrogen (secondary N) is 1. The molecule has 0 fully saturated rings. The van der Waals surface area contributed by atoms with Crippen LogP contribution in [0.15, 0.2) is 60.7 Å². The van der Waals surface area contributed by atoms with Crippen molar-refractivity contribution in [2.75, 3.05) is 18.4 Å². The molecule has 2 aromatic carbocycles. The lowest BCUT2D eigenvalue weighted by molar-refractivity contribution is -0.132. The average Bonchev–Trinajstić information content (AvgIpc) is 2.61. The lowest BCUT2D eigenvalue weighted by Gasteiger charge is -2.30. The van der Waals surface area contributed by atoms with E-state index in [1.807, 2.05) is 67.3 Å². The fourth-order valence-corrected chi connectivity index (χ4v) is 2.80. The topological polar surface area (TPSA) is 32.3 Å². The third-order valence-electron chi connectivity index (χ3n) is 4.26. The molecule has 0 unspecified atom stereocenters. The molecule has 0 aliphatic rings. The van der Waals surface area contributed by atoms with Crippen molar-refractivity contribution in [2.24, 2.45) is 0 Å². The number of hydrogen-bond acceptors (Lipinski definition) is 2. The molecule has 2 atom stereocenters. The van der Waals surface area contributed by atoms with Gasteiger partial charge < -0.3 is 10.2 Å². The minimum atomic E-state index is -0.278. The molecular formula is C20H26N2O. The number of carbonyl (C=O) groups excluding carboxylic acids is 1. The van der Waals surface area contributed by atoms with Gasteiger partial charge in [-0.15, -0.1) is 0 Å². The van der Waals surface area contributed by atoms with Crippen molar-refractivity contribution < 1.29 is 4.79 Å². The van der Waals surface area contributed by atoms with Gasteiger partial charge in [0.15, 0.2) is 0 Å². The summed E-state index contributed by atoms with van der Waals surface area (Å²) in [6.45, 7) is 7.60. The Morgan fingerprint density at radius 1 is 0.957 bits per heavy atom. The first-order valence-electron chi connectivity index (χ1n) is 8.32. The van der Waals surface area contributed by atoms with Crippen molar-refractivity contribution in [3.05, 3.63) is 66.2 Å². The zero-order valence-electron chi connectivity index (χ0n) is 14.2. The molecular weight excluding hydrogens is 284 g/mol. The Kier molecular flexibility index (Phi) is 6.21. The second-order valence-electron chi connectivity index (χ2n) is 5.70. The molecule has 3 nitrogen and oxygen atoms in total. The number of benzene rings is 2. The van der Waals surface area contributed by atoms with Gasteiger partial charge >= 0.3 is 0 Å². The van der Waals surface area contributed by atoms with Gasteiger partial charge in [-0.2, -0.15) is 0 Å². The smallest absolute Gasteiger partial charge is 0.245 e. The molecule has 2 rings (SSSR count). The molecule has 0 radical (unpaired) electrons. The number of rotatable bonds is 7. The van der Waals surface area contributed by atoms with Crippen LogP contribution in [0, 0.1) is 0 Å². The number of amides is 1. The van der Waals surface area contributed by atoms with Crippen LogP contribution in [0.3, 0.4) is 0 Å². The second kappa shape index (κ2) is 8.37. The van der Waals surface area contributed by atoms with Gasteiger partial charge in [-0.3, -0.25) is 4.79 Å². The second-order valence-corrected chi connectivity index (χ2v) is 5.70. The van der Waals surface area contributed by atoms with Gasteiger partial charge in [0.1, 0.15) is 6.04 Å². The summed E-state index contributed by atoms with van der Waals surface area (Å²) in [6, 6.07) is 19.9. The summed E-state index contributed by atoms with van der Waals surface area (Å²) in [6.07, 6.45) is 0. The van der Waals surface area contributed by atoms with E-state index >= 15 is 0 Å². The van der Waals surface area contributed by atoms with E-state index in [2.05, 4.69) is 24.4 Å². The predicted octanol–water partition coefficient (Wildman–Crippen LogP) is 4.14. The van der Waals surface area contributed by atoms with Crippen LogP contribution in [0.4, 0.5) is 5.69 Å². The highest BCUT2D eigenvalue weighted by molar-refractivity contribution is 5.86. The van der Waals surface area contributed by atoms with Crippen LogP contribution >= 0.6 is 0 Å². The van der Waals surface area contributed by atoms with Crippen molar-refractivity contribution in [1.29, 1.82) is 0 Å². The van der Waals surface area contributed by atoms with Crippen molar-refractivity contribution in [3.63, 3.8) is 0 Å². The van der Waals surface area contributed by atoms with Gasteiger partial charge in [0.05, 0.1) is 0 Å². The van der Waals surface area contributed by atoms with Gasteiger partial charge in [0.25, 0.3) is 0 Å². The van der Waals surface area contributed by atoms with E-state index in [4.69, 9.17) is 0 Å². The first kappa shape index (κ1) is 17.1. The minimum absolute atomic E-state index is 0.0875. The molecule has 23 heavy (non-hydrogen) atoms. The predicted molar refractivity (Wildman–Crippen MR) is 96.6 cm³/mol. The van der Waals surface area contributed by atoms with Gasteiger partial charge in [-0.1, -0.05) is 55.5 Å². The Hall–Kier alpha value is -2.29. The number of nitrogens with zero attached hydrogens (tertiary/aromatic N) is 1. The fraction of sp³-hybridized carbons (Fsp3) is 0.350. The Labute approximate surface area is 139 Å². The van der Waals surface area contributed by atoms with Crippen LogP contribution in [-0.2, 0) is 4.79 Å². The van der Waals surface area contributed by atoms with E-state index in [0.717, 1.165) is 18.8 Å². The lowest BCUT2D eigenvalue weighted by Crippen LogP contribution is -2.45. The zero-order chi connectivity index (χ0) is 16.7. The maximum absolute atomic E-state index is 13.0. The summed E-state index contributed by atoms with van der Waals surface area (Å²) < 4.78 is 0. The van der Waals surface area contributed by atoms with E-state index in [1.165, 1.54) is 5.56 Å².